The van der Waals surface area contributed by atoms with Crippen LogP contribution in [0.3, 0.4) is 0 Å². The number of hydrogen-bond donors (Lipinski definition) is 0. The van der Waals surface area contributed by atoms with Gasteiger partial charge in [-0.15, -0.1) is 6.58 Å². The lowest BCUT2D eigenvalue weighted by molar-refractivity contribution is -0.117. The molecule has 3 heteroatoms. The molecule has 0 spiro atoms. The fourth-order valence-corrected chi connectivity index (χ4v) is 2.19. The molecule has 0 fully saturated rings. The number of hydrogen-bond acceptors (Lipinski definition) is 3. The van der Waals surface area contributed by atoms with Crippen molar-refractivity contribution < 1.29 is 4.79 Å². The van der Waals surface area contributed by atoms with E-state index in [1.54, 1.807) is 6.08 Å². The smallest absolute Gasteiger partial charge is 0.154 e. The Labute approximate surface area is 113 Å². The van der Waals surface area contributed by atoms with Gasteiger partial charge in [-0.05, 0) is 18.9 Å². The van der Waals surface area contributed by atoms with Crippen molar-refractivity contribution in [3.05, 3.63) is 48.6 Å². The molecule has 0 aliphatic rings. The van der Waals surface area contributed by atoms with Crippen LogP contribution in [0.1, 0.15) is 31.2 Å². The maximum Gasteiger partial charge on any atom is 0.154 e. The number of benzene rings is 1. The van der Waals surface area contributed by atoms with Crippen molar-refractivity contribution >= 4 is 5.78 Å². The Balaban J connectivity index is 3.31. The minimum atomic E-state index is -1.24. The van der Waals surface area contributed by atoms with Crippen LogP contribution in [0, 0.1) is 28.1 Å². The standard InChI is InChI=1S/C16H16N2O/c1-3-9-16(11-17,12-18)15(10-13(2)19)14-7-5-4-6-8-14/h3-8,15H,1,9-10H2,2H3/t15-/m0/s1. The lowest BCUT2D eigenvalue weighted by atomic mass is 9.70. The lowest BCUT2D eigenvalue weighted by Crippen LogP contribution is -2.27. The van der Waals surface area contributed by atoms with E-state index in [1.165, 1.54) is 6.92 Å². The molecule has 3 nitrogen and oxygen atoms in total. The monoisotopic (exact) mass is 252 g/mol. The molecule has 19 heavy (non-hydrogen) atoms. The van der Waals surface area contributed by atoms with Gasteiger partial charge in [0.25, 0.3) is 0 Å². The quantitative estimate of drug-likeness (QED) is 0.729. The second-order valence-electron chi connectivity index (χ2n) is 4.56. The summed E-state index contributed by atoms with van der Waals surface area (Å²) in [4.78, 5) is 11.5. The number of Topliss-reactive ketones (excluding diaryl/α,β-unsaturated/α-hetero) is 1. The number of ketones is 1. The maximum absolute atomic E-state index is 11.5. The van der Waals surface area contributed by atoms with Gasteiger partial charge in [-0.3, -0.25) is 0 Å². The van der Waals surface area contributed by atoms with Gasteiger partial charge < -0.3 is 4.79 Å². The van der Waals surface area contributed by atoms with Gasteiger partial charge in [-0.1, -0.05) is 36.4 Å². The predicted octanol–water partition coefficient (Wildman–Crippen LogP) is 3.36. The first-order valence-electron chi connectivity index (χ1n) is 6.07. The summed E-state index contributed by atoms with van der Waals surface area (Å²) in [7, 11) is 0. The molecule has 96 valence electrons. The summed E-state index contributed by atoms with van der Waals surface area (Å²) >= 11 is 0. The SMILES string of the molecule is C=CCC(C#N)(C#N)[C@@H](CC(C)=O)c1ccccc1. The largest absolute Gasteiger partial charge is 0.300 e. The number of rotatable bonds is 6. The van der Waals surface area contributed by atoms with Gasteiger partial charge >= 0.3 is 0 Å². The van der Waals surface area contributed by atoms with Crippen LogP contribution < -0.4 is 0 Å². The van der Waals surface area contributed by atoms with E-state index in [4.69, 9.17) is 0 Å². The summed E-state index contributed by atoms with van der Waals surface area (Å²) in [5, 5.41) is 18.8. The summed E-state index contributed by atoms with van der Waals surface area (Å²) in [5.41, 5.74) is -0.406. The molecule has 0 saturated heterocycles. The van der Waals surface area contributed by atoms with Gasteiger partial charge in [0.2, 0.25) is 0 Å². The van der Waals surface area contributed by atoms with E-state index in [0.717, 1.165) is 5.56 Å². The second kappa shape index (κ2) is 6.52. The molecule has 0 aliphatic carbocycles. The van der Waals surface area contributed by atoms with Gasteiger partial charge in [0.05, 0.1) is 12.1 Å². The van der Waals surface area contributed by atoms with Crippen LogP contribution in [-0.2, 0) is 4.79 Å². The van der Waals surface area contributed by atoms with Gasteiger partial charge in [0, 0.05) is 12.3 Å². The Bertz CT molecular complexity index is 520. The van der Waals surface area contributed by atoms with E-state index in [9.17, 15) is 15.3 Å². The topological polar surface area (TPSA) is 64.7 Å². The van der Waals surface area contributed by atoms with Crippen molar-refractivity contribution in [2.45, 2.75) is 25.7 Å². The zero-order valence-electron chi connectivity index (χ0n) is 11.0. The Morgan fingerprint density at radius 1 is 1.37 bits per heavy atom. The van der Waals surface area contributed by atoms with Gasteiger partial charge in [-0.2, -0.15) is 10.5 Å². The molecule has 0 aliphatic heterocycles. The molecule has 0 aromatic heterocycles. The van der Waals surface area contributed by atoms with Crippen LogP contribution in [0.2, 0.25) is 0 Å². The van der Waals surface area contributed by atoms with E-state index in [1.807, 2.05) is 30.3 Å². The Kier molecular flexibility index (Phi) is 5.03. The number of allylic oxidation sites excluding steroid dienone is 1. The average molecular weight is 252 g/mol. The molecule has 0 radical (unpaired) electrons. The van der Waals surface area contributed by atoms with Crippen molar-refractivity contribution in [1.82, 2.24) is 0 Å². The third-order valence-electron chi connectivity index (χ3n) is 3.15. The number of nitrogens with zero attached hydrogens (tertiary/aromatic N) is 2. The highest BCUT2D eigenvalue weighted by Crippen LogP contribution is 2.41. The minimum absolute atomic E-state index is 0.0345. The number of carbonyl (C=O) groups is 1. The third-order valence-corrected chi connectivity index (χ3v) is 3.15. The fourth-order valence-electron chi connectivity index (χ4n) is 2.19. The van der Waals surface area contributed by atoms with Crippen LogP contribution in [0.5, 0.6) is 0 Å². The molecule has 0 bridgehead atoms. The van der Waals surface area contributed by atoms with E-state index < -0.39 is 11.3 Å². The summed E-state index contributed by atoms with van der Waals surface area (Å²) in [6.07, 6.45) is 1.98. The van der Waals surface area contributed by atoms with Crippen LogP contribution >= 0.6 is 0 Å². The molecule has 1 atom stereocenters. The molecular weight excluding hydrogens is 236 g/mol. The summed E-state index contributed by atoms with van der Waals surface area (Å²) in [6, 6.07) is 13.4. The molecule has 0 N–H and O–H groups in total. The van der Waals surface area contributed by atoms with Crippen LogP contribution in [0.25, 0.3) is 0 Å². The fraction of sp³-hybridized carbons (Fsp3) is 0.312. The van der Waals surface area contributed by atoms with Crippen molar-refractivity contribution in [3.8, 4) is 12.1 Å². The van der Waals surface area contributed by atoms with Crippen LogP contribution in [0.15, 0.2) is 43.0 Å². The zero-order valence-corrected chi connectivity index (χ0v) is 11.0. The number of carbonyl (C=O) groups excluding carboxylic acids is 1. The van der Waals surface area contributed by atoms with Crippen molar-refractivity contribution in [3.63, 3.8) is 0 Å². The molecule has 0 saturated carbocycles. The molecule has 1 aromatic rings. The van der Waals surface area contributed by atoms with Gasteiger partial charge in [-0.25, -0.2) is 0 Å². The minimum Gasteiger partial charge on any atom is -0.300 e. The van der Waals surface area contributed by atoms with Gasteiger partial charge in [0.1, 0.15) is 5.78 Å². The van der Waals surface area contributed by atoms with E-state index >= 15 is 0 Å². The maximum atomic E-state index is 11.5. The molecule has 0 amide bonds. The summed E-state index contributed by atoms with van der Waals surface area (Å²) in [6.45, 7) is 5.09. The Morgan fingerprint density at radius 2 is 1.95 bits per heavy atom. The number of nitriles is 2. The lowest BCUT2D eigenvalue weighted by Gasteiger charge is -2.28. The zero-order chi connectivity index (χ0) is 14.3. The molecular formula is C16H16N2O. The molecule has 1 aromatic carbocycles. The van der Waals surface area contributed by atoms with Crippen molar-refractivity contribution in [2.75, 3.05) is 0 Å². The van der Waals surface area contributed by atoms with Gasteiger partial charge in [0.15, 0.2) is 5.41 Å². The Hall–Kier alpha value is -2.39. The third kappa shape index (κ3) is 3.30. The first kappa shape index (κ1) is 14.7. The van der Waals surface area contributed by atoms with E-state index in [0.29, 0.717) is 0 Å². The van der Waals surface area contributed by atoms with Crippen molar-refractivity contribution in [1.29, 1.82) is 10.5 Å². The molecule has 1 rings (SSSR count). The highest BCUT2D eigenvalue weighted by Gasteiger charge is 2.40. The Morgan fingerprint density at radius 3 is 2.37 bits per heavy atom. The summed E-state index contributed by atoms with van der Waals surface area (Å²) < 4.78 is 0. The first-order chi connectivity index (χ1) is 9.09. The summed E-state index contributed by atoms with van der Waals surface area (Å²) in [5.74, 6) is -0.466. The molecule has 0 heterocycles. The average Bonchev–Trinajstić information content (AvgIpc) is 2.43. The first-order valence-corrected chi connectivity index (χ1v) is 6.07. The van der Waals surface area contributed by atoms with Crippen LogP contribution in [0.4, 0.5) is 0 Å². The van der Waals surface area contributed by atoms with E-state index in [2.05, 4.69) is 18.7 Å². The predicted molar refractivity (Wildman–Crippen MR) is 73.0 cm³/mol. The van der Waals surface area contributed by atoms with E-state index in [-0.39, 0.29) is 18.6 Å². The van der Waals surface area contributed by atoms with Crippen molar-refractivity contribution in [2.24, 2.45) is 5.41 Å². The second-order valence-corrected chi connectivity index (χ2v) is 4.56. The highest BCUT2D eigenvalue weighted by atomic mass is 16.1. The molecule has 0 unspecified atom stereocenters. The van der Waals surface area contributed by atoms with Crippen LogP contribution in [-0.4, -0.2) is 5.78 Å². The highest BCUT2D eigenvalue weighted by molar-refractivity contribution is 5.76. The normalized spacial score (nSPS) is 11.9.